The van der Waals surface area contributed by atoms with Gasteiger partial charge in [-0.3, -0.25) is 15.0 Å². The van der Waals surface area contributed by atoms with E-state index in [9.17, 15) is 0 Å². The highest BCUT2D eigenvalue weighted by molar-refractivity contribution is 6.49. The number of nitrogens with zero attached hydrogens (tertiary/aromatic N) is 3. The molecule has 0 N–H and O–H groups in total. The summed E-state index contributed by atoms with van der Waals surface area (Å²) in [6.07, 6.45) is 7.64. The number of benzene rings is 1. The summed E-state index contributed by atoms with van der Waals surface area (Å²) >= 11 is 0. The molecule has 0 amide bonds. The molecule has 1 heterocycles. The molecule has 0 aliphatic rings. The maximum absolute atomic E-state index is 5.93. The van der Waals surface area contributed by atoms with Crippen molar-refractivity contribution in [1.82, 2.24) is 9.97 Å². The Kier molecular flexibility index (Phi) is 5.01. The molecular formula is C15H20N3OSi+. The zero-order chi connectivity index (χ0) is 14.4. The second-order valence-corrected chi connectivity index (χ2v) is 7.13. The van der Waals surface area contributed by atoms with Gasteiger partial charge < -0.3 is 4.43 Å². The van der Waals surface area contributed by atoms with Crippen molar-refractivity contribution in [2.75, 3.05) is 0 Å². The maximum Gasteiger partial charge on any atom is 1.00 e. The number of para-hydroxylation sites is 1. The molecule has 5 heteroatoms. The van der Waals surface area contributed by atoms with E-state index in [4.69, 9.17) is 4.43 Å². The molecule has 1 aromatic heterocycles. The molecule has 0 radical (unpaired) electrons. The first-order valence-electron chi connectivity index (χ1n) is 6.70. The van der Waals surface area contributed by atoms with Crippen molar-refractivity contribution in [2.45, 2.75) is 26.4 Å². The van der Waals surface area contributed by atoms with Crippen LogP contribution in [0.5, 0.6) is 5.75 Å². The minimum Gasteiger partial charge on any atom is -0.546 e. The lowest BCUT2D eigenvalue weighted by Crippen LogP contribution is -2.11. The van der Waals surface area contributed by atoms with Gasteiger partial charge in [0.25, 0.3) is 0 Å². The van der Waals surface area contributed by atoms with Crippen molar-refractivity contribution >= 4 is 20.9 Å². The largest absolute Gasteiger partial charge is 1.00 e. The van der Waals surface area contributed by atoms with Crippen molar-refractivity contribution < 1.29 is 5.85 Å². The number of hydrogen-bond acceptors (Lipinski definition) is 4. The Morgan fingerprint density at radius 1 is 1.35 bits per heavy atom. The molecule has 104 valence electrons. The molecule has 0 bridgehead atoms. The standard InChI is InChI=1S/C15H19N3OSi/c1-12-5-4-6-14(19-20(2)3)15(12)18-8-7-13-11-16-9-10-17-13/h4-6,8-11,20H,7H2,1-3H3/p+1. The van der Waals surface area contributed by atoms with Crippen molar-refractivity contribution in [3.05, 3.63) is 48.0 Å². The molecular weight excluding hydrogens is 266 g/mol. The van der Waals surface area contributed by atoms with Crippen LogP contribution in [0.4, 0.5) is 5.69 Å². The average Bonchev–Trinajstić information content (AvgIpc) is 2.42. The third-order valence-corrected chi connectivity index (χ3v) is 3.43. The summed E-state index contributed by atoms with van der Waals surface area (Å²) in [4.78, 5) is 12.8. The van der Waals surface area contributed by atoms with Crippen molar-refractivity contribution in [3.63, 3.8) is 0 Å². The zero-order valence-electron chi connectivity index (χ0n) is 13.1. The average molecular weight is 286 g/mol. The van der Waals surface area contributed by atoms with Gasteiger partial charge in [0, 0.05) is 31.2 Å². The van der Waals surface area contributed by atoms with Crippen LogP contribution in [0.25, 0.3) is 0 Å². The van der Waals surface area contributed by atoms with Crippen LogP contribution in [0.3, 0.4) is 0 Å². The quantitative estimate of drug-likeness (QED) is 0.626. The lowest BCUT2D eigenvalue weighted by molar-refractivity contribution is 0.581. The third-order valence-electron chi connectivity index (χ3n) is 2.70. The lowest BCUT2D eigenvalue weighted by Gasteiger charge is -2.13. The fourth-order valence-corrected chi connectivity index (χ4v) is 2.51. The van der Waals surface area contributed by atoms with Crippen molar-refractivity contribution in [2.24, 2.45) is 4.99 Å². The Bertz CT molecular complexity index is 591. The molecule has 2 rings (SSSR count). The Morgan fingerprint density at radius 2 is 2.20 bits per heavy atom. The molecule has 0 saturated carbocycles. The Labute approximate surface area is 122 Å². The monoisotopic (exact) mass is 286 g/mol. The fourth-order valence-electron chi connectivity index (χ4n) is 1.81. The maximum atomic E-state index is 5.93. The summed E-state index contributed by atoms with van der Waals surface area (Å²) in [6.45, 7) is 6.34. The summed E-state index contributed by atoms with van der Waals surface area (Å²) in [5.41, 5.74) is 2.94. The van der Waals surface area contributed by atoms with Gasteiger partial charge in [-0.15, -0.1) is 0 Å². The van der Waals surface area contributed by atoms with Crippen LogP contribution < -0.4 is 4.43 Å². The van der Waals surface area contributed by atoms with E-state index in [2.05, 4.69) is 28.1 Å². The Balaban J connectivity index is 0.00000220. The minimum atomic E-state index is -1.14. The Hall–Kier alpha value is -2.01. The van der Waals surface area contributed by atoms with Gasteiger partial charge in [0.15, 0.2) is 0 Å². The lowest BCUT2D eigenvalue weighted by atomic mass is 10.2. The first kappa shape index (κ1) is 14.4. The summed E-state index contributed by atoms with van der Waals surface area (Å²) in [7, 11) is -1.14. The molecule has 20 heavy (non-hydrogen) atoms. The van der Waals surface area contributed by atoms with Gasteiger partial charge in [0.05, 0.1) is 5.69 Å². The van der Waals surface area contributed by atoms with E-state index in [0.717, 1.165) is 22.7 Å². The molecule has 0 spiro atoms. The highest BCUT2D eigenvalue weighted by Gasteiger charge is 2.07. The molecule has 1 aromatic carbocycles. The van der Waals surface area contributed by atoms with Gasteiger partial charge in [-0.1, -0.05) is 12.1 Å². The second kappa shape index (κ2) is 6.95. The highest BCUT2D eigenvalue weighted by Crippen LogP contribution is 2.31. The number of aliphatic imine (C=N–C) groups is 1. The summed E-state index contributed by atoms with van der Waals surface area (Å²) in [5.74, 6) is 0.877. The van der Waals surface area contributed by atoms with Crippen LogP contribution in [0.1, 0.15) is 12.7 Å². The molecule has 0 saturated heterocycles. The molecule has 2 aromatic rings. The van der Waals surface area contributed by atoms with Gasteiger partial charge in [-0.2, -0.15) is 0 Å². The number of aryl methyl sites for hydroxylation is 1. The van der Waals surface area contributed by atoms with E-state index in [-0.39, 0.29) is 1.43 Å². The molecule has 0 aliphatic heterocycles. The van der Waals surface area contributed by atoms with Crippen LogP contribution in [-0.2, 0) is 6.42 Å². The third kappa shape index (κ3) is 3.99. The molecule has 0 atom stereocenters. The van der Waals surface area contributed by atoms with E-state index >= 15 is 0 Å². The molecule has 4 nitrogen and oxygen atoms in total. The normalized spacial score (nSPS) is 11.2. The predicted molar refractivity (Wildman–Crippen MR) is 85.7 cm³/mol. The SMILES string of the molecule is Cc1cccc(O[SiH](C)C)c1N=CCc1cnccn1.[H+]. The predicted octanol–water partition coefficient (Wildman–Crippen LogP) is 3.20. The highest BCUT2D eigenvalue weighted by atomic mass is 28.3. The van der Waals surface area contributed by atoms with Crippen LogP contribution in [0.15, 0.2) is 41.8 Å². The minimum absolute atomic E-state index is 0. The van der Waals surface area contributed by atoms with E-state index in [1.165, 1.54) is 0 Å². The van der Waals surface area contributed by atoms with E-state index in [1.54, 1.807) is 18.6 Å². The van der Waals surface area contributed by atoms with Gasteiger partial charge in [-0.05, 0) is 31.6 Å². The van der Waals surface area contributed by atoms with Crippen LogP contribution >= 0.6 is 0 Å². The van der Waals surface area contributed by atoms with E-state index in [0.29, 0.717) is 6.42 Å². The summed E-state index contributed by atoms with van der Waals surface area (Å²) in [6, 6.07) is 6.03. The molecule has 0 unspecified atom stereocenters. The molecule has 0 fully saturated rings. The second-order valence-electron chi connectivity index (χ2n) is 4.80. The molecule has 0 aliphatic carbocycles. The number of rotatable bonds is 5. The zero-order valence-corrected chi connectivity index (χ0v) is 13.2. The Morgan fingerprint density at radius 3 is 2.90 bits per heavy atom. The van der Waals surface area contributed by atoms with Gasteiger partial charge in [0.1, 0.15) is 11.4 Å². The van der Waals surface area contributed by atoms with Crippen LogP contribution in [-0.4, -0.2) is 25.2 Å². The smallest absolute Gasteiger partial charge is 0.546 e. The van der Waals surface area contributed by atoms with Crippen molar-refractivity contribution in [1.29, 1.82) is 0 Å². The first-order chi connectivity index (χ1) is 9.66. The fraction of sp³-hybridized carbons (Fsp3) is 0.267. The van der Waals surface area contributed by atoms with Crippen molar-refractivity contribution in [3.8, 4) is 5.75 Å². The summed E-state index contributed by atoms with van der Waals surface area (Å²) < 4.78 is 5.93. The number of hydrogen-bond donors (Lipinski definition) is 0. The van der Waals surface area contributed by atoms with Gasteiger partial charge in [-0.25, -0.2) is 0 Å². The van der Waals surface area contributed by atoms with Crippen LogP contribution in [0, 0.1) is 6.92 Å². The van der Waals surface area contributed by atoms with E-state index < -0.39 is 9.04 Å². The first-order valence-corrected chi connectivity index (χ1v) is 9.48. The van der Waals surface area contributed by atoms with Gasteiger partial charge in [0.2, 0.25) is 9.04 Å². The van der Waals surface area contributed by atoms with E-state index in [1.807, 2.05) is 31.3 Å². The topological polar surface area (TPSA) is 47.4 Å². The summed E-state index contributed by atoms with van der Waals surface area (Å²) in [5, 5.41) is 0. The van der Waals surface area contributed by atoms with Gasteiger partial charge >= 0.3 is 1.43 Å². The number of aromatic nitrogens is 2. The van der Waals surface area contributed by atoms with Crippen LogP contribution in [0.2, 0.25) is 13.1 Å².